The van der Waals surface area contributed by atoms with E-state index in [1.54, 1.807) is 6.08 Å². The van der Waals surface area contributed by atoms with Crippen molar-refractivity contribution < 1.29 is 33.5 Å². The van der Waals surface area contributed by atoms with E-state index < -0.39 is 44.7 Å². The maximum absolute atomic E-state index is 12.3. The summed E-state index contributed by atoms with van der Waals surface area (Å²) < 4.78 is 22.6. The molecule has 0 saturated carbocycles. The van der Waals surface area contributed by atoms with Crippen LogP contribution >= 0.6 is 0 Å². The second-order valence-corrected chi connectivity index (χ2v) is 10.9. The molecule has 1 aromatic carbocycles. The summed E-state index contributed by atoms with van der Waals surface area (Å²) in [4.78, 5) is 17.6. The van der Waals surface area contributed by atoms with E-state index in [1.165, 1.54) is 12.4 Å². The van der Waals surface area contributed by atoms with Crippen LogP contribution in [0.5, 0.6) is 0 Å². The highest BCUT2D eigenvalue weighted by Gasteiger charge is 2.50. The van der Waals surface area contributed by atoms with Crippen molar-refractivity contribution >= 4 is 27.0 Å². The molecule has 0 aromatic heterocycles. The van der Waals surface area contributed by atoms with Gasteiger partial charge in [-0.3, -0.25) is 10.0 Å². The zero-order valence-corrected chi connectivity index (χ0v) is 18.7. The maximum atomic E-state index is 12.3. The standard InChI is InChI=1S/C22H28N2O7S/c1-21(20(27)23-28,32(2,29)30)13-17-12-18(24-31-17)22(19(26)14-25)10-8-16(9-11-22)15-6-4-3-5-7-15/h3-10,17,19,25-26,28H,11-14H2,1-2H3,(H,23,27)/t17-,19+,21-,22?/m1/s1. The third kappa shape index (κ3) is 4.36. The molecule has 1 heterocycles. The molecule has 9 nitrogen and oxygen atoms in total. The molecule has 0 saturated heterocycles. The van der Waals surface area contributed by atoms with Gasteiger partial charge >= 0.3 is 0 Å². The number of benzene rings is 1. The molecule has 0 spiro atoms. The van der Waals surface area contributed by atoms with Gasteiger partial charge in [0, 0.05) is 19.1 Å². The smallest absolute Gasteiger partial charge is 0.264 e. The number of carbonyl (C=O) groups excluding carboxylic acids is 1. The number of hydroxylamine groups is 1. The van der Waals surface area contributed by atoms with Crippen molar-refractivity contribution in [3.05, 3.63) is 54.1 Å². The van der Waals surface area contributed by atoms with E-state index in [-0.39, 0.29) is 12.8 Å². The van der Waals surface area contributed by atoms with Gasteiger partial charge in [0.2, 0.25) is 0 Å². The Balaban J connectivity index is 1.82. The molecule has 32 heavy (non-hydrogen) atoms. The van der Waals surface area contributed by atoms with Gasteiger partial charge in [-0.2, -0.15) is 0 Å². The first-order chi connectivity index (χ1) is 15.1. The Labute approximate surface area is 187 Å². The van der Waals surface area contributed by atoms with Crippen molar-refractivity contribution in [1.29, 1.82) is 0 Å². The Morgan fingerprint density at radius 2 is 2.06 bits per heavy atom. The van der Waals surface area contributed by atoms with Crippen molar-refractivity contribution in [3.63, 3.8) is 0 Å². The molecule has 0 bridgehead atoms. The van der Waals surface area contributed by atoms with E-state index >= 15 is 0 Å². The van der Waals surface area contributed by atoms with Crippen molar-refractivity contribution in [2.45, 2.75) is 43.1 Å². The van der Waals surface area contributed by atoms with Crippen LogP contribution in [-0.4, -0.2) is 65.3 Å². The van der Waals surface area contributed by atoms with Gasteiger partial charge in [-0.15, -0.1) is 0 Å². The van der Waals surface area contributed by atoms with Gasteiger partial charge in [-0.25, -0.2) is 13.9 Å². The molecular formula is C22H28N2O7S. The fraction of sp³-hybridized carbons (Fsp3) is 0.455. The van der Waals surface area contributed by atoms with Crippen LogP contribution in [0.4, 0.5) is 0 Å². The Morgan fingerprint density at radius 3 is 2.59 bits per heavy atom. The molecule has 1 aliphatic heterocycles. The summed E-state index contributed by atoms with van der Waals surface area (Å²) in [5, 5.41) is 33.5. The van der Waals surface area contributed by atoms with Crippen LogP contribution in [0.15, 0.2) is 53.7 Å². The summed E-state index contributed by atoms with van der Waals surface area (Å²) in [7, 11) is -3.90. The third-order valence-electron chi connectivity index (χ3n) is 6.38. The summed E-state index contributed by atoms with van der Waals surface area (Å²) >= 11 is 0. The highest BCUT2D eigenvalue weighted by molar-refractivity contribution is 7.92. The number of nitrogens with zero attached hydrogens (tertiary/aromatic N) is 1. The molecular weight excluding hydrogens is 436 g/mol. The molecule has 0 radical (unpaired) electrons. The summed E-state index contributed by atoms with van der Waals surface area (Å²) in [5.74, 6) is -1.06. The van der Waals surface area contributed by atoms with E-state index in [4.69, 9.17) is 10.0 Å². The quantitative estimate of drug-likeness (QED) is 0.334. The molecule has 10 heteroatoms. The van der Waals surface area contributed by atoms with E-state index in [2.05, 4.69) is 5.16 Å². The highest BCUT2D eigenvalue weighted by atomic mass is 32.2. The number of nitrogens with one attached hydrogen (secondary N) is 1. The summed E-state index contributed by atoms with van der Waals surface area (Å²) in [6.45, 7) is 0.708. The first-order valence-corrected chi connectivity index (χ1v) is 12.1. The van der Waals surface area contributed by atoms with Crippen LogP contribution in [0.1, 0.15) is 31.7 Å². The Hall–Kier alpha value is -2.53. The number of carbonyl (C=O) groups is 1. The van der Waals surface area contributed by atoms with Gasteiger partial charge in [0.05, 0.1) is 23.8 Å². The van der Waals surface area contributed by atoms with Gasteiger partial charge in [0.15, 0.2) is 14.6 Å². The first-order valence-electron chi connectivity index (χ1n) is 10.2. The minimum absolute atomic E-state index is 0.153. The van der Waals surface area contributed by atoms with Crippen molar-refractivity contribution in [2.24, 2.45) is 10.6 Å². The zero-order valence-electron chi connectivity index (χ0n) is 17.9. The average Bonchev–Trinajstić information content (AvgIpc) is 3.26. The summed E-state index contributed by atoms with van der Waals surface area (Å²) in [5.41, 5.74) is 2.81. The number of sulfone groups is 1. The Morgan fingerprint density at radius 1 is 1.38 bits per heavy atom. The second kappa shape index (κ2) is 9.14. The van der Waals surface area contributed by atoms with Crippen LogP contribution < -0.4 is 5.48 Å². The lowest BCUT2D eigenvalue weighted by atomic mass is 9.70. The Bertz CT molecular complexity index is 1050. The lowest BCUT2D eigenvalue weighted by Crippen LogP contribution is -2.51. The van der Waals surface area contributed by atoms with Gasteiger partial charge in [-0.05, 0) is 24.5 Å². The van der Waals surface area contributed by atoms with Crippen LogP contribution in [-0.2, 0) is 19.5 Å². The van der Waals surface area contributed by atoms with Gasteiger partial charge in [-0.1, -0.05) is 53.7 Å². The molecule has 2 aliphatic rings. The second-order valence-electron chi connectivity index (χ2n) is 8.42. The minimum Gasteiger partial charge on any atom is -0.394 e. The molecule has 1 aromatic rings. The van der Waals surface area contributed by atoms with Gasteiger partial charge < -0.3 is 15.1 Å². The van der Waals surface area contributed by atoms with Crippen molar-refractivity contribution in [3.8, 4) is 0 Å². The minimum atomic E-state index is -3.90. The fourth-order valence-electron chi connectivity index (χ4n) is 4.09. The molecule has 4 N–H and O–H groups in total. The van der Waals surface area contributed by atoms with E-state index in [0.717, 1.165) is 17.4 Å². The lowest BCUT2D eigenvalue weighted by Gasteiger charge is -2.36. The van der Waals surface area contributed by atoms with Crippen molar-refractivity contribution in [2.75, 3.05) is 12.9 Å². The predicted molar refractivity (Wildman–Crippen MR) is 118 cm³/mol. The normalized spacial score (nSPS) is 25.8. The highest BCUT2D eigenvalue weighted by Crippen LogP contribution is 2.42. The van der Waals surface area contributed by atoms with E-state index in [0.29, 0.717) is 12.1 Å². The van der Waals surface area contributed by atoms with Crippen molar-refractivity contribution in [1.82, 2.24) is 5.48 Å². The van der Waals surface area contributed by atoms with Crippen LogP contribution in [0.2, 0.25) is 0 Å². The average molecular weight is 465 g/mol. The number of allylic oxidation sites excluding steroid dienone is 3. The number of amides is 1. The first kappa shape index (κ1) is 24.1. The maximum Gasteiger partial charge on any atom is 0.264 e. The summed E-state index contributed by atoms with van der Waals surface area (Å²) in [6, 6.07) is 9.71. The lowest BCUT2D eigenvalue weighted by molar-refractivity contribution is -0.132. The van der Waals surface area contributed by atoms with Crippen LogP contribution in [0.25, 0.3) is 5.57 Å². The molecule has 3 rings (SSSR count). The Kier molecular flexibility index (Phi) is 6.89. The molecule has 1 amide bonds. The van der Waals surface area contributed by atoms with Crippen LogP contribution in [0.3, 0.4) is 0 Å². The zero-order chi connectivity index (χ0) is 23.6. The molecule has 1 unspecified atom stereocenters. The SMILES string of the molecule is C[C@@](C[C@H]1CC(C2([C@@H](O)CO)C=CC(c3ccccc3)=CC2)=NO1)(C(=O)NO)S(C)(=O)=O. The van der Waals surface area contributed by atoms with Gasteiger partial charge in [0.25, 0.3) is 5.91 Å². The third-order valence-corrected chi connectivity index (χ3v) is 8.37. The number of hydrogen-bond donors (Lipinski definition) is 4. The predicted octanol–water partition coefficient (Wildman–Crippen LogP) is 1.21. The number of aliphatic hydroxyl groups is 2. The molecule has 174 valence electrons. The monoisotopic (exact) mass is 464 g/mol. The number of hydrogen-bond acceptors (Lipinski definition) is 8. The largest absolute Gasteiger partial charge is 0.394 e. The van der Waals surface area contributed by atoms with Gasteiger partial charge in [0.1, 0.15) is 6.10 Å². The number of rotatable bonds is 8. The number of aliphatic hydroxyl groups excluding tert-OH is 2. The molecule has 4 atom stereocenters. The topological polar surface area (TPSA) is 146 Å². The molecule has 1 aliphatic carbocycles. The summed E-state index contributed by atoms with van der Waals surface area (Å²) in [6.07, 6.45) is 4.84. The molecule has 0 fully saturated rings. The van der Waals surface area contributed by atoms with E-state index in [1.807, 2.05) is 42.5 Å². The number of oxime groups is 1. The van der Waals surface area contributed by atoms with Crippen LogP contribution in [0, 0.1) is 5.41 Å². The van der Waals surface area contributed by atoms with E-state index in [9.17, 15) is 23.4 Å². The fourth-order valence-corrected chi connectivity index (χ4v) is 4.96.